The first-order valence-electron chi connectivity index (χ1n) is 48.0. The molecule has 0 aliphatic carbocycles. The molecule has 0 aliphatic heterocycles. The molecule has 0 spiro atoms. The number of para-hydroxylation sites is 8. The molecule has 8 aromatic heterocycles. The fourth-order valence-corrected chi connectivity index (χ4v) is 18.9. The van der Waals surface area contributed by atoms with E-state index in [4.69, 9.17) is 37.9 Å². The summed E-state index contributed by atoms with van der Waals surface area (Å²) in [5, 5.41) is 33.7. The zero-order valence-electron chi connectivity index (χ0n) is 83.3. The Kier molecular flexibility index (Phi) is 39.6. The number of nitrogens with zero attached hydrogens (tertiary/aromatic N) is 8. The van der Waals surface area contributed by atoms with Crippen molar-refractivity contribution in [3.63, 3.8) is 0 Å². The highest BCUT2D eigenvalue weighted by atomic mass is 127. The van der Waals surface area contributed by atoms with E-state index >= 15 is 0 Å². The van der Waals surface area contributed by atoms with Crippen molar-refractivity contribution in [2.24, 2.45) is 7.05 Å². The van der Waals surface area contributed by atoms with Crippen molar-refractivity contribution in [1.29, 1.82) is 0 Å². The number of halogens is 1. The normalized spacial score (nSPS) is 11.6. The molecule has 12 aromatic carbocycles. The molecular weight excluding hydrogens is 1880 g/mol. The third-order valence-corrected chi connectivity index (χ3v) is 25.8. The van der Waals surface area contributed by atoms with Gasteiger partial charge < -0.3 is 113 Å². The van der Waals surface area contributed by atoms with E-state index in [9.17, 15) is 10.2 Å². The Morgan fingerprint density at radius 2 is 0.507 bits per heavy atom. The third kappa shape index (κ3) is 24.9. The van der Waals surface area contributed by atoms with Crippen LogP contribution in [0.5, 0.6) is 0 Å². The molecule has 732 valence electrons. The maximum absolute atomic E-state index is 9.40. The van der Waals surface area contributed by atoms with Gasteiger partial charge >= 0.3 is 0 Å². The minimum absolute atomic E-state index is 0. The molecule has 0 aliphatic rings. The summed E-state index contributed by atoms with van der Waals surface area (Å²) in [6.45, 7) is 15.6. The molecule has 0 radical (unpaired) electrons. The average molecular weight is 2010 g/mol. The minimum Gasteiger partial charge on any atom is -1.00 e. The van der Waals surface area contributed by atoms with Crippen molar-refractivity contribution in [2.45, 2.75) is 59.2 Å². The molecule has 0 bridgehead atoms. The molecule has 0 atom stereocenters. The Bertz CT molecular complexity index is 7720. The van der Waals surface area contributed by atoms with Crippen LogP contribution in [0.3, 0.4) is 0 Å². The number of benzene rings is 12. The average Bonchev–Trinajstić information content (AvgIpc) is 1.61. The summed E-state index contributed by atoms with van der Waals surface area (Å²) in [4.78, 5) is 0. The van der Waals surface area contributed by atoms with Gasteiger partial charge in [0, 0.05) is 203 Å². The van der Waals surface area contributed by atoms with Crippen LogP contribution in [-0.2, 0) is 90.8 Å². The largest absolute Gasteiger partial charge is 1.00 e. The Labute approximate surface area is 852 Å². The fourth-order valence-electron chi connectivity index (χ4n) is 18.9. The maximum Gasteiger partial charge on any atom is 0.213 e. The van der Waals surface area contributed by atoms with Gasteiger partial charge in [-0.2, -0.15) is 13.7 Å². The summed E-state index contributed by atoms with van der Waals surface area (Å²) in [5.74, 6) is 0. The Hall–Kier alpha value is -13.2. The second-order valence-electron chi connectivity index (χ2n) is 34.3. The highest BCUT2D eigenvalue weighted by Gasteiger charge is 2.20. The van der Waals surface area contributed by atoms with Gasteiger partial charge in [0.15, 0.2) is 37.9 Å². The molecule has 0 saturated carbocycles. The number of ether oxygens (including phenoxy) is 8. The van der Waals surface area contributed by atoms with Crippen LogP contribution in [0.25, 0.3) is 179 Å². The SMILES string of the molecule is CC[n+]1ccc(/C=C/c2ccc3c(c2)c2ccccc2n3CCOCCOC)c2ccccc21.COCCOCCn1c2ccccc2c2cc(/C=C/c3cc[n+](C)c4ccccc34)ccc21.COCCOCCn1c2ccccc2c2cc(/C=C/c3cc[n+](CCCO)c4ccccc34)ccc21.COCCOCCn1c2ccccc2c2cc(/C=C/c3cc[n+](CCO)c4ccccc34)ccc21.[CH3-].[CH3-].[CH3-].[I-]. The van der Waals surface area contributed by atoms with Crippen molar-refractivity contribution in [3.8, 4) is 0 Å². The van der Waals surface area contributed by atoms with Crippen molar-refractivity contribution >= 4 is 179 Å². The van der Waals surface area contributed by atoms with Gasteiger partial charge in [0.2, 0.25) is 22.1 Å². The van der Waals surface area contributed by atoms with Gasteiger partial charge in [0.05, 0.1) is 101 Å². The number of aryl methyl sites for hydroxylation is 3. The van der Waals surface area contributed by atoms with E-state index in [0.717, 1.165) is 62.3 Å². The summed E-state index contributed by atoms with van der Waals surface area (Å²) in [6, 6.07) is 104. The summed E-state index contributed by atoms with van der Waals surface area (Å²) in [6.07, 6.45) is 26.8. The van der Waals surface area contributed by atoms with Crippen LogP contribution in [0, 0.1) is 22.3 Å². The van der Waals surface area contributed by atoms with Crippen LogP contribution in [0.15, 0.2) is 316 Å². The van der Waals surface area contributed by atoms with Crippen LogP contribution >= 0.6 is 0 Å². The lowest BCUT2D eigenvalue weighted by atomic mass is 10.1. The highest BCUT2D eigenvalue weighted by molar-refractivity contribution is 6.12. The fraction of sp³-hybridized carbons (Fsp3) is 0.228. The predicted molar refractivity (Wildman–Crippen MR) is 586 cm³/mol. The Balaban J connectivity index is 0.000000158. The number of hydrogen-bond acceptors (Lipinski definition) is 10. The van der Waals surface area contributed by atoms with Gasteiger partial charge in [-0.15, -0.1) is 0 Å². The van der Waals surface area contributed by atoms with Crippen LogP contribution in [0.2, 0.25) is 0 Å². The first-order chi connectivity index (χ1) is 68.1. The van der Waals surface area contributed by atoms with E-state index < -0.39 is 0 Å². The molecule has 20 aromatic rings. The number of fused-ring (bicyclic) bond motifs is 16. The van der Waals surface area contributed by atoms with Crippen molar-refractivity contribution in [1.82, 2.24) is 18.3 Å². The third-order valence-electron chi connectivity index (χ3n) is 25.8. The van der Waals surface area contributed by atoms with Crippen molar-refractivity contribution in [3.05, 3.63) is 383 Å². The summed E-state index contributed by atoms with van der Waals surface area (Å²) >= 11 is 0. The smallest absolute Gasteiger partial charge is 0.213 e. The lowest BCUT2D eigenvalue weighted by Crippen LogP contribution is -3.00. The number of methoxy groups -OCH3 is 4. The maximum atomic E-state index is 9.40. The summed E-state index contributed by atoms with van der Waals surface area (Å²) in [5.41, 5.74) is 24.2. The lowest BCUT2D eigenvalue weighted by molar-refractivity contribution is -0.672. The number of aromatic nitrogens is 8. The Morgan fingerprint density at radius 3 is 0.803 bits per heavy atom. The molecule has 2 N–H and O–H groups in total. The number of rotatable bonds is 38. The van der Waals surface area contributed by atoms with Gasteiger partial charge in [-0.1, -0.05) is 194 Å². The molecule has 0 amide bonds. The van der Waals surface area contributed by atoms with Gasteiger partial charge in [-0.3, -0.25) is 0 Å². The molecule has 142 heavy (non-hydrogen) atoms. The van der Waals surface area contributed by atoms with E-state index in [1.807, 2.05) is 12.3 Å². The Morgan fingerprint density at radius 1 is 0.254 bits per heavy atom. The second-order valence-corrected chi connectivity index (χ2v) is 34.3. The van der Waals surface area contributed by atoms with Gasteiger partial charge in [-0.05, 0) is 148 Å². The van der Waals surface area contributed by atoms with Gasteiger partial charge in [0.25, 0.3) is 0 Å². The number of hydrogen-bond donors (Lipinski definition) is 2. The molecule has 0 fully saturated rings. The van der Waals surface area contributed by atoms with Gasteiger partial charge in [-0.25, -0.2) is 4.57 Å². The number of aliphatic hydroxyl groups is 2. The molecule has 8 heterocycles. The molecule has 18 nitrogen and oxygen atoms in total. The quantitative estimate of drug-likeness (QED) is 0.0166. The zero-order valence-corrected chi connectivity index (χ0v) is 85.5. The number of pyridine rings is 4. The van der Waals surface area contributed by atoms with Crippen molar-refractivity contribution in [2.75, 3.05) is 121 Å². The highest BCUT2D eigenvalue weighted by Crippen LogP contribution is 2.37. The number of aliphatic hydroxyl groups excluding tert-OH is 2. The first-order valence-corrected chi connectivity index (χ1v) is 48.0. The molecule has 0 saturated heterocycles. The minimum atomic E-state index is 0. The molecule has 0 unspecified atom stereocenters. The van der Waals surface area contributed by atoms with Gasteiger partial charge in [0.1, 0.15) is 20.2 Å². The van der Waals surface area contributed by atoms with E-state index in [1.165, 1.54) is 159 Å². The van der Waals surface area contributed by atoms with E-state index in [-0.39, 0.29) is 59.5 Å². The van der Waals surface area contributed by atoms with Crippen LogP contribution < -0.4 is 42.2 Å². The second kappa shape index (κ2) is 53.0. The lowest BCUT2D eigenvalue weighted by Gasteiger charge is -2.08. The molecule has 19 heteroatoms. The zero-order chi connectivity index (χ0) is 94.7. The molecular formula is C123H133IN8O10. The predicted octanol–water partition coefficient (Wildman–Crippen LogP) is 20.6. The van der Waals surface area contributed by atoms with Crippen LogP contribution in [0.4, 0.5) is 0 Å². The van der Waals surface area contributed by atoms with Crippen LogP contribution in [-0.4, -0.2) is 149 Å². The first kappa shape index (κ1) is 106. The summed E-state index contributed by atoms with van der Waals surface area (Å²) in [7, 11) is 8.86. The molecule has 20 rings (SSSR count). The van der Waals surface area contributed by atoms with E-state index in [0.29, 0.717) is 85.8 Å². The van der Waals surface area contributed by atoms with E-state index in [2.05, 4.69) is 403 Å². The standard InChI is InChI=1S/C31H33N2O3.C30H31N2O3.C30H31N2O2.C29H29N2O2.3CH3.HI/c1-35-21-22-36-20-18-33-30-10-5-3-8-27(30)28-23-24(12-14-31(28)33)11-13-25-15-17-32(16-6-19-34)29-9-4-2-7-26(25)29;1-34-20-21-35-19-17-32-29-9-5-3-7-26(29)27-22-23(11-13-30(27)32)10-12-24-14-15-31(16-18-33)28-8-4-2-6-25(24)28;1-3-31-17-16-24(25-8-4-6-10-28(25)31)14-12-23-13-15-30-27(22-23)26-9-5-7-11-29(26)32(30)18-19-34-21-20-33-2;1-30-16-15-23(24-7-3-5-9-27(24)30)13-11-22-12-14-29-26(21-22)25-8-4-6-10-28(25)31(29)17-18-33-20-19-32-2;;;;/h2-5,7-15,17,23,34H,6,16,18-22H2,1H3;2-15,22,33H,16-21H2,1H3;4-17,22H,3,18-21H2,1-2H3;3-16,21H,17-20H2,1-2H3;3*1H3;1H/q4*+1;3*-1;/p-1. The van der Waals surface area contributed by atoms with E-state index in [1.54, 1.807) is 28.4 Å². The topological polar surface area (TPSA) is 150 Å². The summed E-state index contributed by atoms with van der Waals surface area (Å²) < 4.78 is 61.5. The monoisotopic (exact) mass is 2010 g/mol. The van der Waals surface area contributed by atoms with Crippen molar-refractivity contribution < 1.29 is 90.4 Å². The van der Waals surface area contributed by atoms with Crippen LogP contribution in [0.1, 0.15) is 57.9 Å².